The van der Waals surface area contributed by atoms with E-state index in [1.165, 1.54) is 12.0 Å². The second kappa shape index (κ2) is 7.64. The molecule has 1 aromatic rings. The van der Waals surface area contributed by atoms with E-state index in [1.54, 1.807) is 0 Å². The van der Waals surface area contributed by atoms with Gasteiger partial charge in [-0.1, -0.05) is 47.3 Å². The van der Waals surface area contributed by atoms with Crippen LogP contribution < -0.4 is 0 Å². The molecular weight excluding hydrogens is 352 g/mol. The molecule has 1 saturated carbocycles. The van der Waals surface area contributed by atoms with Crippen LogP contribution in [-0.2, 0) is 0 Å². The van der Waals surface area contributed by atoms with Crippen molar-refractivity contribution in [1.82, 2.24) is 9.80 Å². The van der Waals surface area contributed by atoms with Gasteiger partial charge in [-0.05, 0) is 37.6 Å². The average molecular weight is 381 g/mol. The Balaban J connectivity index is 1.79. The number of likely N-dealkylation sites (N-methyl/N-ethyl adjacent to an activating group) is 1. The summed E-state index contributed by atoms with van der Waals surface area (Å²) in [5, 5.41) is 11.4. The SMILES string of the molecule is CN1CCN(CC(c2ccc(Br)cc2)C2(O)CCCCC2)CC1. The summed E-state index contributed by atoms with van der Waals surface area (Å²) in [6, 6.07) is 8.60. The monoisotopic (exact) mass is 380 g/mol. The smallest absolute Gasteiger partial charge is 0.0728 e. The number of nitrogens with zero attached hydrogens (tertiary/aromatic N) is 2. The molecule has 2 fully saturated rings. The summed E-state index contributed by atoms with van der Waals surface area (Å²) in [5.41, 5.74) is 0.756. The van der Waals surface area contributed by atoms with Crippen LogP contribution in [0.1, 0.15) is 43.6 Å². The molecule has 0 amide bonds. The van der Waals surface area contributed by atoms with Gasteiger partial charge in [-0.2, -0.15) is 0 Å². The molecule has 128 valence electrons. The van der Waals surface area contributed by atoms with Crippen LogP contribution in [0.15, 0.2) is 28.7 Å². The summed E-state index contributed by atoms with van der Waals surface area (Å²) in [5.74, 6) is 0.222. The predicted octanol–water partition coefficient (Wildman–Crippen LogP) is 3.48. The second-order valence-corrected chi connectivity index (χ2v) is 8.29. The largest absolute Gasteiger partial charge is 0.389 e. The quantitative estimate of drug-likeness (QED) is 0.865. The summed E-state index contributed by atoms with van der Waals surface area (Å²) in [6.45, 7) is 5.46. The minimum Gasteiger partial charge on any atom is -0.389 e. The van der Waals surface area contributed by atoms with Crippen LogP contribution in [-0.4, -0.2) is 60.3 Å². The van der Waals surface area contributed by atoms with Crippen molar-refractivity contribution >= 4 is 15.9 Å². The number of aliphatic hydroxyl groups is 1. The molecule has 1 saturated heterocycles. The lowest BCUT2D eigenvalue weighted by atomic mass is 9.72. The van der Waals surface area contributed by atoms with Gasteiger partial charge in [0, 0.05) is 43.1 Å². The first kappa shape index (κ1) is 17.4. The maximum Gasteiger partial charge on any atom is 0.0728 e. The zero-order valence-electron chi connectivity index (χ0n) is 14.2. The minimum absolute atomic E-state index is 0.222. The third-order valence-electron chi connectivity index (χ3n) is 5.68. The first-order chi connectivity index (χ1) is 11.1. The molecule has 0 aromatic heterocycles. The Morgan fingerprint density at radius 1 is 1.04 bits per heavy atom. The maximum absolute atomic E-state index is 11.4. The first-order valence-corrected chi connectivity index (χ1v) is 9.75. The fraction of sp³-hybridized carbons (Fsp3) is 0.684. The Kier molecular flexibility index (Phi) is 5.78. The van der Waals surface area contributed by atoms with Gasteiger partial charge in [0.05, 0.1) is 5.60 Å². The summed E-state index contributed by atoms with van der Waals surface area (Å²) >= 11 is 3.53. The molecule has 0 bridgehead atoms. The van der Waals surface area contributed by atoms with E-state index in [1.807, 2.05) is 0 Å². The van der Waals surface area contributed by atoms with E-state index >= 15 is 0 Å². The van der Waals surface area contributed by atoms with Crippen LogP contribution in [0.2, 0.25) is 0 Å². The van der Waals surface area contributed by atoms with Gasteiger partial charge in [0.2, 0.25) is 0 Å². The maximum atomic E-state index is 11.4. The Morgan fingerprint density at radius 2 is 1.65 bits per heavy atom. The van der Waals surface area contributed by atoms with E-state index in [0.29, 0.717) is 0 Å². The van der Waals surface area contributed by atoms with Gasteiger partial charge in [0.15, 0.2) is 0 Å². The molecule has 23 heavy (non-hydrogen) atoms. The zero-order valence-corrected chi connectivity index (χ0v) is 15.8. The van der Waals surface area contributed by atoms with E-state index in [-0.39, 0.29) is 5.92 Å². The van der Waals surface area contributed by atoms with E-state index in [4.69, 9.17) is 0 Å². The van der Waals surface area contributed by atoms with Crippen molar-refractivity contribution < 1.29 is 5.11 Å². The molecule has 1 aliphatic heterocycles. The van der Waals surface area contributed by atoms with Crippen molar-refractivity contribution in [3.8, 4) is 0 Å². The van der Waals surface area contributed by atoms with Crippen LogP contribution >= 0.6 is 15.9 Å². The Hall–Kier alpha value is -0.420. The molecule has 1 aromatic carbocycles. The molecule has 1 heterocycles. The molecular formula is C19H29BrN2O. The van der Waals surface area contributed by atoms with Crippen LogP contribution in [0.3, 0.4) is 0 Å². The molecule has 0 radical (unpaired) electrons. The third kappa shape index (κ3) is 4.36. The molecule has 0 spiro atoms. The van der Waals surface area contributed by atoms with Gasteiger partial charge < -0.3 is 14.9 Å². The first-order valence-electron chi connectivity index (χ1n) is 8.96. The number of rotatable bonds is 4. The lowest BCUT2D eigenvalue weighted by Crippen LogP contribution is -2.50. The standard InChI is InChI=1S/C19H29BrN2O/c1-21-11-13-22(14-12-21)15-18(16-5-7-17(20)8-6-16)19(23)9-3-2-4-10-19/h5-8,18,23H,2-4,9-15H2,1H3. The fourth-order valence-electron chi connectivity index (χ4n) is 4.08. The lowest BCUT2D eigenvalue weighted by Gasteiger charge is -2.43. The minimum atomic E-state index is -0.532. The molecule has 1 atom stereocenters. The van der Waals surface area contributed by atoms with Crippen molar-refractivity contribution in [2.24, 2.45) is 0 Å². The second-order valence-electron chi connectivity index (χ2n) is 7.37. The summed E-state index contributed by atoms with van der Waals surface area (Å²) in [4.78, 5) is 4.93. The van der Waals surface area contributed by atoms with E-state index in [0.717, 1.165) is 62.9 Å². The van der Waals surface area contributed by atoms with Crippen molar-refractivity contribution in [3.63, 3.8) is 0 Å². The van der Waals surface area contributed by atoms with Crippen molar-refractivity contribution in [2.75, 3.05) is 39.8 Å². The highest BCUT2D eigenvalue weighted by Gasteiger charge is 2.39. The Bertz CT molecular complexity index is 491. The van der Waals surface area contributed by atoms with Gasteiger partial charge in [-0.3, -0.25) is 0 Å². The van der Waals surface area contributed by atoms with Crippen molar-refractivity contribution in [3.05, 3.63) is 34.3 Å². The van der Waals surface area contributed by atoms with Gasteiger partial charge in [0.1, 0.15) is 0 Å². The van der Waals surface area contributed by atoms with Gasteiger partial charge >= 0.3 is 0 Å². The van der Waals surface area contributed by atoms with E-state index in [2.05, 4.69) is 57.0 Å². The van der Waals surface area contributed by atoms with Crippen LogP contribution in [0, 0.1) is 0 Å². The molecule has 3 rings (SSSR count). The van der Waals surface area contributed by atoms with E-state index in [9.17, 15) is 5.11 Å². The van der Waals surface area contributed by atoms with Gasteiger partial charge in [-0.25, -0.2) is 0 Å². The van der Waals surface area contributed by atoms with Crippen LogP contribution in [0.25, 0.3) is 0 Å². The number of halogens is 1. The van der Waals surface area contributed by atoms with Crippen molar-refractivity contribution in [2.45, 2.75) is 43.6 Å². The van der Waals surface area contributed by atoms with E-state index < -0.39 is 5.60 Å². The Labute approximate surface area is 148 Å². The highest BCUT2D eigenvalue weighted by Crippen LogP contribution is 2.40. The molecule has 1 N–H and O–H groups in total. The van der Waals surface area contributed by atoms with Crippen LogP contribution in [0.4, 0.5) is 0 Å². The molecule has 3 nitrogen and oxygen atoms in total. The molecule has 1 aliphatic carbocycles. The fourth-order valence-corrected chi connectivity index (χ4v) is 4.35. The summed E-state index contributed by atoms with van der Waals surface area (Å²) in [6.07, 6.45) is 5.48. The normalized spacial score (nSPS) is 24.5. The van der Waals surface area contributed by atoms with Gasteiger partial charge in [-0.15, -0.1) is 0 Å². The predicted molar refractivity (Wildman–Crippen MR) is 98.9 cm³/mol. The van der Waals surface area contributed by atoms with Gasteiger partial charge in [0.25, 0.3) is 0 Å². The molecule has 2 aliphatic rings. The number of benzene rings is 1. The number of hydrogen-bond acceptors (Lipinski definition) is 3. The number of piperazine rings is 1. The molecule has 1 unspecified atom stereocenters. The topological polar surface area (TPSA) is 26.7 Å². The van der Waals surface area contributed by atoms with Crippen molar-refractivity contribution in [1.29, 1.82) is 0 Å². The highest BCUT2D eigenvalue weighted by atomic mass is 79.9. The Morgan fingerprint density at radius 3 is 2.26 bits per heavy atom. The highest BCUT2D eigenvalue weighted by molar-refractivity contribution is 9.10. The lowest BCUT2D eigenvalue weighted by molar-refractivity contribution is -0.0337. The molecule has 4 heteroatoms. The number of hydrogen-bond donors (Lipinski definition) is 1. The average Bonchev–Trinajstić information content (AvgIpc) is 2.56. The summed E-state index contributed by atoms with van der Waals surface area (Å²) < 4.78 is 1.11. The third-order valence-corrected chi connectivity index (χ3v) is 6.21. The zero-order chi connectivity index (χ0) is 16.3. The van der Waals surface area contributed by atoms with Crippen LogP contribution in [0.5, 0.6) is 0 Å². The summed E-state index contributed by atoms with van der Waals surface area (Å²) in [7, 11) is 2.19.